The van der Waals surface area contributed by atoms with Gasteiger partial charge >= 0.3 is 0 Å². The van der Waals surface area contributed by atoms with Crippen LogP contribution in [0.25, 0.3) is 0 Å². The van der Waals surface area contributed by atoms with E-state index in [4.69, 9.17) is 4.74 Å². The number of ether oxygens (including phenoxy) is 1. The summed E-state index contributed by atoms with van der Waals surface area (Å²) in [7, 11) is -2.25. The zero-order valence-electron chi connectivity index (χ0n) is 17.7. The van der Waals surface area contributed by atoms with Crippen LogP contribution in [0.4, 0.5) is 11.4 Å². The largest absolute Gasteiger partial charge is 0.495 e. The molecular weight excluding hydrogens is 414 g/mol. The average Bonchev–Trinajstić information content (AvgIpc) is 2.73. The van der Waals surface area contributed by atoms with E-state index in [1.54, 1.807) is 36.7 Å². The molecule has 0 aliphatic rings. The van der Waals surface area contributed by atoms with Gasteiger partial charge in [0.15, 0.2) is 0 Å². The predicted octanol–water partition coefficient (Wildman–Crippen LogP) is 3.39. The van der Waals surface area contributed by atoms with Crippen LogP contribution in [-0.4, -0.2) is 39.2 Å². The topological polar surface area (TPSA) is 88.6 Å². The lowest BCUT2D eigenvalue weighted by Gasteiger charge is -2.24. The zero-order chi connectivity index (χ0) is 22.4. The summed E-state index contributed by atoms with van der Waals surface area (Å²) in [6, 6.07) is 16.5. The first-order valence-corrected chi connectivity index (χ1v) is 11.5. The van der Waals surface area contributed by atoms with Gasteiger partial charge in [-0.25, -0.2) is 8.42 Å². The molecule has 0 saturated carbocycles. The molecule has 0 fully saturated rings. The Hall–Kier alpha value is -3.39. The second-order valence-corrected chi connectivity index (χ2v) is 9.13. The van der Waals surface area contributed by atoms with Crippen LogP contribution in [-0.2, 0) is 21.2 Å². The maximum absolute atomic E-state index is 12.6. The van der Waals surface area contributed by atoms with E-state index in [0.717, 1.165) is 33.7 Å². The van der Waals surface area contributed by atoms with Crippen molar-refractivity contribution in [2.24, 2.45) is 0 Å². The number of benzene rings is 2. The second-order valence-electron chi connectivity index (χ2n) is 7.22. The van der Waals surface area contributed by atoms with Gasteiger partial charge < -0.3 is 10.1 Å². The summed E-state index contributed by atoms with van der Waals surface area (Å²) in [5.41, 5.74) is 4.00. The Labute approximate surface area is 182 Å². The molecule has 3 rings (SSSR count). The molecule has 0 radical (unpaired) electrons. The van der Waals surface area contributed by atoms with Gasteiger partial charge in [-0.2, -0.15) is 0 Å². The molecule has 7 nitrogen and oxygen atoms in total. The number of nitrogens with zero attached hydrogens (tertiary/aromatic N) is 2. The lowest BCUT2D eigenvalue weighted by Crippen LogP contribution is -2.37. The molecule has 2 aromatic carbocycles. The van der Waals surface area contributed by atoms with Crippen LogP contribution in [0.3, 0.4) is 0 Å². The highest BCUT2D eigenvalue weighted by Gasteiger charge is 2.24. The normalized spacial score (nSPS) is 11.1. The number of rotatable bonds is 8. The minimum atomic E-state index is -3.71. The van der Waals surface area contributed by atoms with Crippen LogP contribution in [0, 0.1) is 6.92 Å². The van der Waals surface area contributed by atoms with Gasteiger partial charge in [0.25, 0.3) is 0 Å². The fourth-order valence-corrected chi connectivity index (χ4v) is 4.00. The van der Waals surface area contributed by atoms with Gasteiger partial charge in [0.1, 0.15) is 12.3 Å². The van der Waals surface area contributed by atoms with E-state index in [-0.39, 0.29) is 6.54 Å². The number of carbonyl (C=O) groups is 1. The first kappa shape index (κ1) is 22.3. The van der Waals surface area contributed by atoms with E-state index in [1.807, 2.05) is 37.3 Å². The summed E-state index contributed by atoms with van der Waals surface area (Å²) in [4.78, 5) is 16.6. The maximum Gasteiger partial charge on any atom is 0.245 e. The molecule has 1 N–H and O–H groups in total. The Morgan fingerprint density at radius 3 is 2.29 bits per heavy atom. The third kappa shape index (κ3) is 6.05. The Bertz CT molecular complexity index is 1150. The molecule has 0 bridgehead atoms. The molecule has 0 aliphatic heterocycles. The summed E-state index contributed by atoms with van der Waals surface area (Å²) in [6.07, 6.45) is 5.32. The number of carbonyl (C=O) groups excluding carboxylic acids is 1. The van der Waals surface area contributed by atoms with Crippen molar-refractivity contribution in [3.05, 3.63) is 83.7 Å². The smallest absolute Gasteiger partial charge is 0.245 e. The van der Waals surface area contributed by atoms with Crippen molar-refractivity contribution in [2.45, 2.75) is 13.3 Å². The number of amides is 1. The zero-order valence-corrected chi connectivity index (χ0v) is 18.5. The molecule has 1 heterocycles. The molecule has 1 aromatic heterocycles. The number of sulfonamides is 1. The molecule has 1 amide bonds. The average molecular weight is 440 g/mol. The number of pyridine rings is 1. The van der Waals surface area contributed by atoms with E-state index in [9.17, 15) is 13.2 Å². The molecule has 0 saturated heterocycles. The fourth-order valence-electron chi connectivity index (χ4n) is 3.15. The number of anilines is 2. The summed E-state index contributed by atoms with van der Waals surface area (Å²) in [5.74, 6) is -0.0693. The van der Waals surface area contributed by atoms with E-state index in [1.165, 1.54) is 7.11 Å². The van der Waals surface area contributed by atoms with Crippen molar-refractivity contribution in [2.75, 3.05) is 29.5 Å². The van der Waals surface area contributed by atoms with Gasteiger partial charge in [-0.3, -0.25) is 14.1 Å². The lowest BCUT2D eigenvalue weighted by molar-refractivity contribution is -0.114. The third-order valence-electron chi connectivity index (χ3n) is 4.69. The SMILES string of the molecule is COc1ccc(C)cc1N(CC(=O)Nc1ccc(Cc2ccncc2)cc1)S(C)(=O)=O. The second kappa shape index (κ2) is 9.61. The van der Waals surface area contributed by atoms with Gasteiger partial charge in [-0.05, 0) is 66.4 Å². The highest BCUT2D eigenvalue weighted by molar-refractivity contribution is 7.92. The lowest BCUT2D eigenvalue weighted by atomic mass is 10.1. The standard InChI is InChI=1S/C23H25N3O4S/c1-17-4-9-22(30-2)21(14-17)26(31(3,28)29)16-23(27)25-20-7-5-18(6-8-20)15-19-10-12-24-13-11-19/h4-14H,15-16H2,1-3H3,(H,25,27). The van der Waals surface area contributed by atoms with Crippen molar-refractivity contribution in [1.82, 2.24) is 4.98 Å². The van der Waals surface area contributed by atoms with Crippen molar-refractivity contribution >= 4 is 27.3 Å². The molecular formula is C23H25N3O4S. The van der Waals surface area contributed by atoms with Crippen molar-refractivity contribution in [1.29, 1.82) is 0 Å². The van der Waals surface area contributed by atoms with Crippen LogP contribution >= 0.6 is 0 Å². The van der Waals surface area contributed by atoms with Crippen LogP contribution < -0.4 is 14.4 Å². The van der Waals surface area contributed by atoms with Crippen LogP contribution in [0.2, 0.25) is 0 Å². The Morgan fingerprint density at radius 2 is 1.68 bits per heavy atom. The van der Waals surface area contributed by atoms with Crippen LogP contribution in [0.1, 0.15) is 16.7 Å². The Balaban J connectivity index is 1.72. The highest BCUT2D eigenvalue weighted by Crippen LogP contribution is 2.31. The number of aryl methyl sites for hydroxylation is 1. The summed E-state index contributed by atoms with van der Waals surface area (Å²) < 4.78 is 31.2. The molecule has 0 aliphatic carbocycles. The quantitative estimate of drug-likeness (QED) is 0.581. The monoisotopic (exact) mass is 439 g/mol. The van der Waals surface area contributed by atoms with E-state index < -0.39 is 15.9 Å². The van der Waals surface area contributed by atoms with Gasteiger partial charge in [-0.1, -0.05) is 18.2 Å². The Morgan fingerprint density at radius 1 is 1.03 bits per heavy atom. The predicted molar refractivity (Wildman–Crippen MR) is 122 cm³/mol. The fraction of sp³-hybridized carbons (Fsp3) is 0.217. The van der Waals surface area contributed by atoms with E-state index in [2.05, 4.69) is 10.3 Å². The third-order valence-corrected chi connectivity index (χ3v) is 5.81. The number of aromatic nitrogens is 1. The molecule has 0 unspecified atom stereocenters. The minimum absolute atomic E-state index is 0.327. The van der Waals surface area contributed by atoms with E-state index in [0.29, 0.717) is 17.1 Å². The molecule has 0 atom stereocenters. The Kier molecular flexibility index (Phi) is 6.91. The molecule has 3 aromatic rings. The molecule has 162 valence electrons. The number of hydrogen-bond acceptors (Lipinski definition) is 5. The summed E-state index contributed by atoms with van der Waals surface area (Å²) >= 11 is 0. The molecule has 8 heteroatoms. The molecule has 31 heavy (non-hydrogen) atoms. The first-order valence-electron chi connectivity index (χ1n) is 9.66. The molecule has 0 spiro atoms. The summed E-state index contributed by atoms with van der Waals surface area (Å²) in [6.45, 7) is 1.48. The highest BCUT2D eigenvalue weighted by atomic mass is 32.2. The van der Waals surface area contributed by atoms with Crippen LogP contribution in [0.15, 0.2) is 67.0 Å². The maximum atomic E-state index is 12.6. The number of methoxy groups -OCH3 is 1. The van der Waals surface area contributed by atoms with E-state index >= 15 is 0 Å². The van der Waals surface area contributed by atoms with Crippen molar-refractivity contribution in [3.63, 3.8) is 0 Å². The van der Waals surface area contributed by atoms with Gasteiger partial charge in [-0.15, -0.1) is 0 Å². The van der Waals surface area contributed by atoms with Gasteiger partial charge in [0, 0.05) is 18.1 Å². The minimum Gasteiger partial charge on any atom is -0.495 e. The van der Waals surface area contributed by atoms with Gasteiger partial charge in [0.05, 0.1) is 19.1 Å². The van der Waals surface area contributed by atoms with Crippen molar-refractivity contribution in [3.8, 4) is 5.75 Å². The number of hydrogen-bond donors (Lipinski definition) is 1. The van der Waals surface area contributed by atoms with Gasteiger partial charge in [0.2, 0.25) is 15.9 Å². The van der Waals surface area contributed by atoms with Crippen LogP contribution in [0.5, 0.6) is 5.75 Å². The first-order chi connectivity index (χ1) is 14.8. The van der Waals surface area contributed by atoms with Crippen molar-refractivity contribution < 1.29 is 17.9 Å². The number of nitrogens with one attached hydrogen (secondary N) is 1. The summed E-state index contributed by atoms with van der Waals surface area (Å²) in [5, 5.41) is 2.76.